The molecular weight excluding hydrogens is 410 g/mol. The average Bonchev–Trinajstić information content (AvgIpc) is 2.62. The quantitative estimate of drug-likeness (QED) is 0.779. The molecule has 0 spiro atoms. The highest BCUT2D eigenvalue weighted by Gasteiger charge is 2.23. The van der Waals surface area contributed by atoms with Gasteiger partial charge in [0.25, 0.3) is 5.56 Å². The van der Waals surface area contributed by atoms with Crippen LogP contribution in [0.2, 0.25) is 0 Å². The van der Waals surface area contributed by atoms with Gasteiger partial charge in [-0.05, 0) is 49.6 Å². The molecule has 1 aliphatic heterocycles. The third-order valence-corrected chi connectivity index (χ3v) is 5.36. The number of carbonyl (C=O) groups excluding carboxylic acids is 1. The number of hydrogen-bond acceptors (Lipinski definition) is 4. The molecule has 7 heteroatoms. The van der Waals surface area contributed by atoms with Crippen LogP contribution in [0.5, 0.6) is 5.75 Å². The first-order valence-electron chi connectivity index (χ1n) is 8.74. The van der Waals surface area contributed by atoms with E-state index >= 15 is 0 Å². The van der Waals surface area contributed by atoms with Crippen molar-refractivity contribution in [2.75, 3.05) is 6.61 Å². The van der Waals surface area contributed by atoms with E-state index in [0.717, 1.165) is 21.3 Å². The van der Waals surface area contributed by atoms with E-state index in [1.54, 1.807) is 13.8 Å². The molecule has 3 rings (SSSR count). The molecule has 0 aliphatic carbocycles. The van der Waals surface area contributed by atoms with E-state index in [9.17, 15) is 9.59 Å². The molecule has 1 aromatic heterocycles. The summed E-state index contributed by atoms with van der Waals surface area (Å²) in [5.74, 6) is 0.720. The Labute approximate surface area is 165 Å². The number of aromatic nitrogens is 1. The number of aryl methyl sites for hydroxylation is 1. The first-order valence-corrected chi connectivity index (χ1v) is 9.54. The van der Waals surface area contributed by atoms with E-state index in [1.165, 1.54) is 0 Å². The minimum atomic E-state index is -0.384. The molecule has 0 bridgehead atoms. The van der Waals surface area contributed by atoms with Gasteiger partial charge in [-0.2, -0.15) is 5.26 Å². The van der Waals surface area contributed by atoms with E-state index in [-0.39, 0.29) is 29.5 Å². The molecule has 2 heterocycles. The molecule has 1 amide bonds. The summed E-state index contributed by atoms with van der Waals surface area (Å²) in [6.07, 6.45) is 1.45. The lowest BCUT2D eigenvalue weighted by molar-refractivity contribution is -0.122. The molecule has 140 valence electrons. The minimum Gasteiger partial charge on any atom is -0.493 e. The normalized spacial score (nSPS) is 15.4. The number of aromatic amines is 1. The predicted molar refractivity (Wildman–Crippen MR) is 105 cm³/mol. The maximum Gasteiger partial charge on any atom is 0.266 e. The van der Waals surface area contributed by atoms with Gasteiger partial charge in [0.15, 0.2) is 0 Å². The van der Waals surface area contributed by atoms with E-state index in [4.69, 9.17) is 10.00 Å². The number of nitrogens with one attached hydrogen (secondary N) is 2. The number of rotatable bonds is 4. The van der Waals surface area contributed by atoms with Crippen molar-refractivity contribution in [2.45, 2.75) is 39.2 Å². The Hall–Kier alpha value is -2.59. The molecule has 2 N–H and O–H groups in total. The number of benzene rings is 1. The Morgan fingerprint density at radius 1 is 1.44 bits per heavy atom. The molecule has 0 saturated heterocycles. The van der Waals surface area contributed by atoms with Crippen LogP contribution in [0.3, 0.4) is 0 Å². The highest BCUT2D eigenvalue weighted by Crippen LogP contribution is 2.34. The molecule has 27 heavy (non-hydrogen) atoms. The fraction of sp³-hybridized carbons (Fsp3) is 0.350. The van der Waals surface area contributed by atoms with Crippen LogP contribution in [0.1, 0.15) is 46.8 Å². The highest BCUT2D eigenvalue weighted by molar-refractivity contribution is 9.10. The van der Waals surface area contributed by atoms with Crippen molar-refractivity contribution in [1.29, 1.82) is 5.26 Å². The fourth-order valence-corrected chi connectivity index (χ4v) is 3.82. The lowest BCUT2D eigenvalue weighted by atomic mass is 9.98. The van der Waals surface area contributed by atoms with Gasteiger partial charge in [-0.3, -0.25) is 9.59 Å². The van der Waals surface area contributed by atoms with Gasteiger partial charge in [-0.25, -0.2) is 0 Å². The summed E-state index contributed by atoms with van der Waals surface area (Å²) in [5.41, 5.74) is 2.88. The molecule has 1 unspecified atom stereocenters. The van der Waals surface area contributed by atoms with Gasteiger partial charge in [0.05, 0.1) is 12.6 Å². The smallest absolute Gasteiger partial charge is 0.266 e. The molecule has 1 atom stereocenters. The maximum absolute atomic E-state index is 12.5. The van der Waals surface area contributed by atoms with Gasteiger partial charge in [0, 0.05) is 28.6 Å². The number of carbonyl (C=O) groups is 1. The summed E-state index contributed by atoms with van der Waals surface area (Å²) < 4.78 is 6.59. The Kier molecular flexibility index (Phi) is 5.66. The van der Waals surface area contributed by atoms with Crippen molar-refractivity contribution in [2.24, 2.45) is 0 Å². The van der Waals surface area contributed by atoms with Gasteiger partial charge in [-0.1, -0.05) is 15.9 Å². The van der Waals surface area contributed by atoms with Crippen molar-refractivity contribution in [3.8, 4) is 11.8 Å². The molecule has 6 nitrogen and oxygen atoms in total. The largest absolute Gasteiger partial charge is 0.493 e. The molecule has 0 fully saturated rings. The summed E-state index contributed by atoms with van der Waals surface area (Å²) in [5, 5.41) is 12.2. The SMILES string of the molecule is Cc1[nH]c(=O)c(C#N)c(C)c1CCC(=O)NC1CCOc2ccc(Br)cc21. The average molecular weight is 430 g/mol. The number of amides is 1. The van der Waals surface area contributed by atoms with Crippen LogP contribution >= 0.6 is 15.9 Å². The third-order valence-electron chi connectivity index (χ3n) is 4.87. The van der Waals surface area contributed by atoms with Gasteiger partial charge in [-0.15, -0.1) is 0 Å². The summed E-state index contributed by atoms with van der Waals surface area (Å²) in [6.45, 7) is 4.10. The molecule has 1 aliphatic rings. The Bertz CT molecular complexity index is 991. The van der Waals surface area contributed by atoms with Crippen LogP contribution in [0.4, 0.5) is 0 Å². The number of hydrogen-bond donors (Lipinski definition) is 2. The van der Waals surface area contributed by atoms with E-state index in [2.05, 4.69) is 26.2 Å². The van der Waals surface area contributed by atoms with Crippen LogP contribution < -0.4 is 15.6 Å². The van der Waals surface area contributed by atoms with Crippen molar-refractivity contribution in [3.63, 3.8) is 0 Å². The van der Waals surface area contributed by atoms with Crippen LogP contribution in [-0.4, -0.2) is 17.5 Å². The standard InChI is InChI=1S/C20H20BrN3O3/c1-11-14(12(2)23-20(26)16(11)10-22)4-6-19(25)24-17-7-8-27-18-5-3-13(21)9-15(17)18/h3,5,9,17H,4,6-8H2,1-2H3,(H,23,26)(H,24,25). The van der Waals surface area contributed by atoms with Crippen LogP contribution in [0, 0.1) is 25.2 Å². The van der Waals surface area contributed by atoms with Gasteiger partial charge >= 0.3 is 0 Å². The Morgan fingerprint density at radius 2 is 2.22 bits per heavy atom. The molecule has 1 aromatic carbocycles. The molecule has 0 radical (unpaired) electrons. The second-order valence-corrected chi connectivity index (χ2v) is 7.52. The Morgan fingerprint density at radius 3 is 2.96 bits per heavy atom. The molecule has 2 aromatic rings. The van der Waals surface area contributed by atoms with Gasteiger partial charge < -0.3 is 15.0 Å². The van der Waals surface area contributed by atoms with Crippen LogP contribution in [-0.2, 0) is 11.2 Å². The van der Waals surface area contributed by atoms with Crippen molar-refractivity contribution in [3.05, 3.63) is 61.0 Å². The van der Waals surface area contributed by atoms with E-state index in [1.807, 2.05) is 24.3 Å². The first kappa shape index (κ1) is 19.2. The second-order valence-electron chi connectivity index (χ2n) is 6.61. The summed E-state index contributed by atoms with van der Waals surface area (Å²) >= 11 is 3.46. The number of ether oxygens (including phenoxy) is 1. The fourth-order valence-electron chi connectivity index (χ4n) is 3.44. The van der Waals surface area contributed by atoms with Crippen molar-refractivity contribution >= 4 is 21.8 Å². The number of H-pyrrole nitrogens is 1. The molecular formula is C20H20BrN3O3. The predicted octanol–water partition coefficient (Wildman–Crippen LogP) is 3.20. The zero-order chi connectivity index (χ0) is 19.6. The number of pyridine rings is 1. The second kappa shape index (κ2) is 7.97. The van der Waals surface area contributed by atoms with Crippen LogP contribution in [0.15, 0.2) is 27.5 Å². The van der Waals surface area contributed by atoms with E-state index in [0.29, 0.717) is 30.7 Å². The number of halogens is 1. The lowest BCUT2D eigenvalue weighted by Gasteiger charge is -2.27. The Balaban J connectivity index is 1.71. The molecule has 0 saturated carbocycles. The van der Waals surface area contributed by atoms with Gasteiger partial charge in [0.2, 0.25) is 5.91 Å². The summed E-state index contributed by atoms with van der Waals surface area (Å²) in [7, 11) is 0. The zero-order valence-corrected chi connectivity index (χ0v) is 16.8. The zero-order valence-electron chi connectivity index (χ0n) is 15.2. The minimum absolute atomic E-state index is 0.0728. The van der Waals surface area contributed by atoms with Gasteiger partial charge in [0.1, 0.15) is 17.4 Å². The number of nitrogens with zero attached hydrogens (tertiary/aromatic N) is 1. The topological polar surface area (TPSA) is 95.0 Å². The summed E-state index contributed by atoms with van der Waals surface area (Å²) in [6, 6.07) is 7.62. The number of nitriles is 1. The third kappa shape index (κ3) is 4.06. The maximum atomic E-state index is 12.5. The first-order chi connectivity index (χ1) is 12.9. The van der Waals surface area contributed by atoms with Crippen molar-refractivity contribution < 1.29 is 9.53 Å². The highest BCUT2D eigenvalue weighted by atomic mass is 79.9. The summed E-state index contributed by atoms with van der Waals surface area (Å²) in [4.78, 5) is 27.0. The number of fused-ring (bicyclic) bond motifs is 1. The van der Waals surface area contributed by atoms with Crippen molar-refractivity contribution in [1.82, 2.24) is 10.3 Å². The van der Waals surface area contributed by atoms with Crippen LogP contribution in [0.25, 0.3) is 0 Å². The monoisotopic (exact) mass is 429 g/mol. The van der Waals surface area contributed by atoms with E-state index < -0.39 is 0 Å². The lowest BCUT2D eigenvalue weighted by Crippen LogP contribution is -2.32.